The van der Waals surface area contributed by atoms with Crippen molar-refractivity contribution >= 4 is 6.16 Å². The molecule has 2 atom stereocenters. The van der Waals surface area contributed by atoms with Crippen molar-refractivity contribution in [3.05, 3.63) is 5.21 Å². The summed E-state index contributed by atoms with van der Waals surface area (Å²) in [6, 6.07) is -0.258. The molecule has 0 amide bonds. The van der Waals surface area contributed by atoms with Crippen LogP contribution in [0.4, 0.5) is 4.79 Å². The van der Waals surface area contributed by atoms with Gasteiger partial charge in [0.1, 0.15) is 6.04 Å². The van der Waals surface area contributed by atoms with Gasteiger partial charge in [-0.1, -0.05) is 0 Å². The monoisotopic (exact) mass is 277 g/mol. The second-order valence-corrected chi connectivity index (χ2v) is 3.95. The van der Waals surface area contributed by atoms with Gasteiger partial charge in [-0.2, -0.15) is 0 Å². The summed E-state index contributed by atoms with van der Waals surface area (Å²) in [5.41, 5.74) is 0. The summed E-state index contributed by atoms with van der Waals surface area (Å²) in [6.45, 7) is 3.60. The third-order valence-corrected chi connectivity index (χ3v) is 2.57. The zero-order valence-electron chi connectivity index (χ0n) is 11.0. The second-order valence-electron chi connectivity index (χ2n) is 3.95. The van der Waals surface area contributed by atoms with Crippen LogP contribution in [0.1, 0.15) is 26.7 Å². The number of hydrogen-bond donors (Lipinski definition) is 1. The molecule has 0 bridgehead atoms. The maximum absolute atomic E-state index is 11.6. The first-order valence-electron chi connectivity index (χ1n) is 6.13. The molecule has 0 saturated carbocycles. The molecule has 0 aliphatic carbocycles. The van der Waals surface area contributed by atoms with Crippen molar-refractivity contribution < 1.29 is 29.2 Å². The fraction of sp³-hybridized carbons (Fsp3) is 0.900. The summed E-state index contributed by atoms with van der Waals surface area (Å²) < 4.78 is 9.18. The van der Waals surface area contributed by atoms with Gasteiger partial charge in [0.25, 0.3) is 6.29 Å². The Labute approximate surface area is 110 Å². The van der Waals surface area contributed by atoms with Crippen LogP contribution in [0.3, 0.4) is 0 Å². The Balaban J connectivity index is 2.40. The first kappa shape index (κ1) is 15.3. The lowest BCUT2D eigenvalue weighted by Crippen LogP contribution is -2.37. The molecule has 0 aromatic heterocycles. The molecule has 9 heteroatoms. The molecule has 1 fully saturated rings. The van der Waals surface area contributed by atoms with E-state index in [1.54, 1.807) is 6.92 Å². The van der Waals surface area contributed by atoms with E-state index in [-0.39, 0.29) is 24.2 Å². The number of ether oxygens (including phenoxy) is 2. The lowest BCUT2D eigenvalue weighted by molar-refractivity contribution is -0.716. The van der Waals surface area contributed by atoms with E-state index in [9.17, 15) is 10.0 Å². The second kappa shape index (κ2) is 7.62. The fourth-order valence-corrected chi connectivity index (χ4v) is 1.69. The molecule has 1 unspecified atom stereocenters. The van der Waals surface area contributed by atoms with Crippen LogP contribution >= 0.6 is 0 Å². The highest BCUT2D eigenvalue weighted by Gasteiger charge is 2.30. The number of carbonyl (C=O) groups is 1. The van der Waals surface area contributed by atoms with Crippen molar-refractivity contribution in [2.75, 3.05) is 19.8 Å². The maximum Gasteiger partial charge on any atom is 0.511 e. The first-order valence-corrected chi connectivity index (χ1v) is 6.13. The van der Waals surface area contributed by atoms with E-state index in [2.05, 4.69) is 14.8 Å². The molecule has 0 spiro atoms. The minimum Gasteiger partial charge on any atom is -0.569 e. The van der Waals surface area contributed by atoms with Gasteiger partial charge < -0.3 is 19.8 Å². The van der Waals surface area contributed by atoms with Crippen LogP contribution in [-0.2, 0) is 14.3 Å². The van der Waals surface area contributed by atoms with Crippen LogP contribution in [0.25, 0.3) is 0 Å². The SMILES string of the molecule is CCOC(=O)OC(C)ON=[N+]([O-])N1CCC[C@H]1CO. The van der Waals surface area contributed by atoms with Crippen LogP contribution in [0, 0.1) is 5.21 Å². The minimum absolute atomic E-state index is 0.122. The molecule has 1 aliphatic rings. The summed E-state index contributed by atoms with van der Waals surface area (Å²) in [6.07, 6.45) is -0.406. The van der Waals surface area contributed by atoms with Crippen LogP contribution in [-0.4, -0.2) is 53.3 Å². The highest BCUT2D eigenvalue weighted by Crippen LogP contribution is 2.16. The largest absolute Gasteiger partial charge is 0.569 e. The number of aliphatic hydroxyl groups excluding tert-OH is 1. The maximum atomic E-state index is 11.6. The van der Waals surface area contributed by atoms with Gasteiger partial charge in [0.2, 0.25) is 5.28 Å². The van der Waals surface area contributed by atoms with Crippen molar-refractivity contribution in [3.8, 4) is 0 Å². The summed E-state index contributed by atoms with van der Waals surface area (Å²) in [4.78, 5) is 15.9. The predicted molar refractivity (Wildman–Crippen MR) is 61.5 cm³/mol. The smallest absolute Gasteiger partial charge is 0.511 e. The van der Waals surface area contributed by atoms with Crippen LogP contribution in [0.15, 0.2) is 5.28 Å². The Morgan fingerprint density at radius 1 is 1.68 bits per heavy atom. The Hall–Kier alpha value is -1.77. The molecule has 1 saturated heterocycles. The van der Waals surface area contributed by atoms with E-state index in [1.165, 1.54) is 11.9 Å². The van der Waals surface area contributed by atoms with E-state index < -0.39 is 12.4 Å². The lowest BCUT2D eigenvalue weighted by atomic mass is 10.2. The molecule has 110 valence electrons. The normalized spacial score (nSPS) is 21.1. The number of hydrogen-bond acceptors (Lipinski definition) is 7. The van der Waals surface area contributed by atoms with Crippen molar-refractivity contribution in [1.29, 1.82) is 0 Å². The number of aliphatic hydroxyl groups is 1. The van der Waals surface area contributed by atoms with Crippen molar-refractivity contribution in [3.63, 3.8) is 0 Å². The van der Waals surface area contributed by atoms with Gasteiger partial charge in [-0.3, -0.25) is 4.84 Å². The Kier molecular flexibility index (Phi) is 6.13. The van der Waals surface area contributed by atoms with Gasteiger partial charge in [0.15, 0.2) is 0 Å². The van der Waals surface area contributed by atoms with E-state index in [0.717, 1.165) is 12.8 Å². The molecule has 19 heavy (non-hydrogen) atoms. The van der Waals surface area contributed by atoms with Gasteiger partial charge in [-0.15, -0.1) is 5.01 Å². The highest BCUT2D eigenvalue weighted by atomic mass is 16.8. The van der Waals surface area contributed by atoms with Gasteiger partial charge in [-0.25, -0.2) is 4.79 Å². The summed E-state index contributed by atoms with van der Waals surface area (Å²) in [5.74, 6) is 0. The molecule has 0 aromatic rings. The van der Waals surface area contributed by atoms with E-state index >= 15 is 0 Å². The standard InChI is InChI=1S/C10H19N3O6/c1-3-17-10(15)18-8(2)19-11-13(16)12-6-4-5-9(12)7-14/h8-9,14H,3-7H2,1-2H3/t8?,9-/m0/s1. The van der Waals surface area contributed by atoms with Crippen LogP contribution in [0.2, 0.25) is 0 Å². The molecule has 0 radical (unpaired) electrons. The quantitative estimate of drug-likeness (QED) is 0.251. The van der Waals surface area contributed by atoms with E-state index in [0.29, 0.717) is 6.54 Å². The number of nitrogens with zero attached hydrogens (tertiary/aromatic N) is 3. The van der Waals surface area contributed by atoms with Gasteiger partial charge in [-0.05, 0) is 19.8 Å². The molecule has 1 rings (SSSR count). The Bertz CT molecular complexity index is 324. The summed E-state index contributed by atoms with van der Waals surface area (Å²) in [7, 11) is 0. The zero-order chi connectivity index (χ0) is 14.3. The molecular weight excluding hydrogens is 258 g/mol. The zero-order valence-corrected chi connectivity index (χ0v) is 11.0. The Morgan fingerprint density at radius 3 is 3.05 bits per heavy atom. The third-order valence-electron chi connectivity index (χ3n) is 2.57. The number of carbonyl (C=O) groups excluding carboxylic acids is 1. The number of hydrazine groups is 1. The van der Waals surface area contributed by atoms with E-state index in [1.807, 2.05) is 0 Å². The predicted octanol–water partition coefficient (Wildman–Crippen LogP) is 0.771. The average Bonchev–Trinajstić information content (AvgIpc) is 2.84. The first-order chi connectivity index (χ1) is 9.08. The molecular formula is C10H19N3O6. The molecule has 1 N–H and O–H groups in total. The summed E-state index contributed by atoms with van der Waals surface area (Å²) >= 11 is 0. The molecule has 1 heterocycles. The molecule has 1 aliphatic heterocycles. The van der Waals surface area contributed by atoms with Gasteiger partial charge >= 0.3 is 6.16 Å². The minimum atomic E-state index is -1.04. The topological polar surface area (TPSA) is 107 Å². The van der Waals surface area contributed by atoms with Crippen molar-refractivity contribution in [2.24, 2.45) is 5.28 Å². The van der Waals surface area contributed by atoms with E-state index in [4.69, 9.17) is 9.94 Å². The average molecular weight is 277 g/mol. The van der Waals surface area contributed by atoms with Crippen molar-refractivity contribution in [1.82, 2.24) is 5.01 Å². The highest BCUT2D eigenvalue weighted by molar-refractivity contribution is 5.59. The molecule has 0 aromatic carbocycles. The van der Waals surface area contributed by atoms with Crippen LogP contribution in [0.5, 0.6) is 0 Å². The van der Waals surface area contributed by atoms with Gasteiger partial charge in [0.05, 0.1) is 24.7 Å². The lowest BCUT2D eigenvalue weighted by Gasteiger charge is -2.18. The van der Waals surface area contributed by atoms with Gasteiger partial charge in [0, 0.05) is 6.92 Å². The third kappa shape index (κ3) is 4.78. The summed E-state index contributed by atoms with van der Waals surface area (Å²) in [5, 5.41) is 25.3. The Morgan fingerprint density at radius 2 is 2.42 bits per heavy atom. The van der Waals surface area contributed by atoms with Crippen LogP contribution < -0.4 is 0 Å². The molecule has 9 nitrogen and oxygen atoms in total. The van der Waals surface area contributed by atoms with Crippen molar-refractivity contribution in [2.45, 2.75) is 39.0 Å². The number of rotatable bonds is 6. The fourth-order valence-electron chi connectivity index (χ4n) is 1.69.